The molecule has 1 saturated carbocycles. The maximum Gasteiger partial charge on any atom is 0.266 e. The minimum absolute atomic E-state index is 0.200. The zero-order valence-corrected chi connectivity index (χ0v) is 18.5. The van der Waals surface area contributed by atoms with Gasteiger partial charge in [-0.05, 0) is 62.6 Å². The monoisotopic (exact) mass is 443 g/mol. The molecule has 0 spiro atoms. The van der Waals surface area contributed by atoms with Gasteiger partial charge >= 0.3 is 0 Å². The molecule has 1 fully saturated rings. The number of aromatic nitrogens is 3. The van der Waals surface area contributed by atoms with Crippen LogP contribution in [0.5, 0.6) is 0 Å². The number of benzene rings is 1. The van der Waals surface area contributed by atoms with Crippen LogP contribution in [-0.2, 0) is 0 Å². The molecule has 3 aromatic heterocycles. The normalized spacial score (nSPS) is 13.2. The molecule has 1 aliphatic rings. The zero-order valence-electron chi connectivity index (χ0n) is 17.7. The molecule has 2 amide bonds. The third kappa shape index (κ3) is 3.97. The average molecular weight is 444 g/mol. The third-order valence-corrected chi connectivity index (χ3v) is 6.62. The number of anilines is 2. The van der Waals surface area contributed by atoms with Crippen molar-refractivity contribution in [3.05, 3.63) is 76.3 Å². The van der Waals surface area contributed by atoms with Gasteiger partial charge in [0.05, 0.1) is 16.1 Å². The van der Waals surface area contributed by atoms with Crippen LogP contribution in [0.4, 0.5) is 11.4 Å². The molecule has 0 radical (unpaired) electrons. The smallest absolute Gasteiger partial charge is 0.266 e. The summed E-state index contributed by atoms with van der Waals surface area (Å²) in [6.45, 7) is 3.91. The Hall–Kier alpha value is -3.65. The lowest BCUT2D eigenvalue weighted by Gasteiger charge is -2.09. The number of aryl methyl sites for hydroxylation is 2. The summed E-state index contributed by atoms with van der Waals surface area (Å²) in [7, 11) is 0. The van der Waals surface area contributed by atoms with Crippen molar-refractivity contribution in [3.63, 3.8) is 0 Å². The van der Waals surface area contributed by atoms with Crippen LogP contribution in [0.15, 0.2) is 48.8 Å². The summed E-state index contributed by atoms with van der Waals surface area (Å²) in [5, 5.41) is 6.73. The number of nitrogens with one attached hydrogen (secondary N) is 2. The summed E-state index contributed by atoms with van der Waals surface area (Å²) in [6, 6.07) is 10.5. The quantitative estimate of drug-likeness (QED) is 0.448. The van der Waals surface area contributed by atoms with Crippen LogP contribution in [0.25, 0.3) is 10.2 Å². The number of pyridine rings is 1. The second-order valence-corrected chi connectivity index (χ2v) is 8.91. The van der Waals surface area contributed by atoms with E-state index in [9.17, 15) is 9.59 Å². The van der Waals surface area contributed by atoms with Gasteiger partial charge in [-0.25, -0.2) is 9.97 Å². The molecule has 0 atom stereocenters. The predicted octanol–water partition coefficient (Wildman–Crippen LogP) is 5.09. The van der Waals surface area contributed by atoms with E-state index in [1.165, 1.54) is 17.5 Å². The van der Waals surface area contributed by atoms with Gasteiger partial charge in [-0.15, -0.1) is 11.3 Å². The van der Waals surface area contributed by atoms with E-state index in [-0.39, 0.29) is 11.8 Å². The van der Waals surface area contributed by atoms with Crippen molar-refractivity contribution in [2.24, 2.45) is 0 Å². The number of rotatable bonds is 5. The van der Waals surface area contributed by atoms with E-state index >= 15 is 0 Å². The molecule has 1 aliphatic carbocycles. The lowest BCUT2D eigenvalue weighted by atomic mass is 10.1. The molecule has 7 nitrogen and oxygen atoms in total. The van der Waals surface area contributed by atoms with Crippen molar-refractivity contribution in [2.75, 3.05) is 10.6 Å². The molecule has 8 heteroatoms. The second kappa shape index (κ2) is 8.12. The van der Waals surface area contributed by atoms with Crippen molar-refractivity contribution in [1.29, 1.82) is 0 Å². The average Bonchev–Trinajstić information content (AvgIpc) is 3.58. The van der Waals surface area contributed by atoms with Crippen LogP contribution < -0.4 is 10.6 Å². The second-order valence-electron chi connectivity index (χ2n) is 7.91. The first kappa shape index (κ1) is 20.3. The molecule has 2 N–H and O–H groups in total. The highest BCUT2D eigenvalue weighted by atomic mass is 32.1. The Labute approximate surface area is 188 Å². The first-order valence-corrected chi connectivity index (χ1v) is 11.2. The number of carbonyl (C=O) groups is 2. The SMILES string of the molecule is Cc1nc(C2CC2)nc2sc(C(=O)Nc3cccc(NC(=O)c4cccnc4)c3)c(C)c12. The van der Waals surface area contributed by atoms with Gasteiger partial charge in [0.25, 0.3) is 11.8 Å². The summed E-state index contributed by atoms with van der Waals surface area (Å²) in [4.78, 5) is 40.3. The van der Waals surface area contributed by atoms with E-state index in [1.54, 1.807) is 42.6 Å². The molecular formula is C24H21N5O2S. The van der Waals surface area contributed by atoms with Gasteiger partial charge in [-0.2, -0.15) is 0 Å². The van der Waals surface area contributed by atoms with Gasteiger partial charge in [-0.1, -0.05) is 6.07 Å². The highest BCUT2D eigenvalue weighted by molar-refractivity contribution is 7.20. The van der Waals surface area contributed by atoms with Crippen molar-refractivity contribution in [1.82, 2.24) is 15.0 Å². The molecule has 1 aromatic carbocycles. The van der Waals surface area contributed by atoms with Crippen LogP contribution in [-0.4, -0.2) is 26.8 Å². The van der Waals surface area contributed by atoms with E-state index in [0.29, 0.717) is 27.7 Å². The fourth-order valence-corrected chi connectivity index (χ4v) is 4.80. The van der Waals surface area contributed by atoms with Crippen molar-refractivity contribution >= 4 is 44.7 Å². The molecular weight excluding hydrogens is 422 g/mol. The minimum Gasteiger partial charge on any atom is -0.322 e. The molecule has 0 aliphatic heterocycles. The topological polar surface area (TPSA) is 96.9 Å². The lowest BCUT2D eigenvalue weighted by molar-refractivity contribution is 0.102. The Balaban J connectivity index is 1.36. The van der Waals surface area contributed by atoms with Crippen LogP contribution in [0.3, 0.4) is 0 Å². The fraction of sp³-hybridized carbons (Fsp3) is 0.208. The van der Waals surface area contributed by atoms with Crippen molar-refractivity contribution < 1.29 is 9.59 Å². The number of carbonyl (C=O) groups excluding carboxylic acids is 2. The summed E-state index contributed by atoms with van der Waals surface area (Å²) in [5.41, 5.74) is 3.45. The summed E-state index contributed by atoms with van der Waals surface area (Å²) < 4.78 is 0. The number of fused-ring (bicyclic) bond motifs is 1. The van der Waals surface area contributed by atoms with Gasteiger partial charge in [0.1, 0.15) is 10.7 Å². The van der Waals surface area contributed by atoms with E-state index < -0.39 is 0 Å². The van der Waals surface area contributed by atoms with E-state index in [2.05, 4.69) is 20.6 Å². The zero-order chi connectivity index (χ0) is 22.2. The molecule has 32 heavy (non-hydrogen) atoms. The van der Waals surface area contributed by atoms with Gasteiger partial charge in [0.2, 0.25) is 0 Å². The lowest BCUT2D eigenvalue weighted by Crippen LogP contribution is -2.14. The third-order valence-electron chi connectivity index (χ3n) is 5.44. The molecule has 0 unspecified atom stereocenters. The standard InChI is InChI=1S/C24H21N5O2S/c1-13-19-14(2)26-21(15-8-9-15)29-24(19)32-20(13)23(31)28-18-7-3-6-17(11-18)27-22(30)16-5-4-10-25-12-16/h3-7,10-12,15H,8-9H2,1-2H3,(H,27,30)(H,28,31). The Kier molecular flexibility index (Phi) is 5.14. The van der Waals surface area contributed by atoms with Crippen LogP contribution in [0.1, 0.15) is 55.9 Å². The van der Waals surface area contributed by atoms with Crippen molar-refractivity contribution in [2.45, 2.75) is 32.6 Å². The summed E-state index contributed by atoms with van der Waals surface area (Å²) in [5.74, 6) is 0.888. The van der Waals surface area contributed by atoms with Gasteiger partial charge in [0, 0.05) is 35.1 Å². The van der Waals surface area contributed by atoms with E-state index in [1.807, 2.05) is 13.8 Å². The largest absolute Gasteiger partial charge is 0.322 e. The molecule has 160 valence electrons. The maximum absolute atomic E-state index is 13.1. The molecule has 5 rings (SSSR count). The first-order chi connectivity index (χ1) is 15.5. The number of nitrogens with zero attached hydrogens (tertiary/aromatic N) is 3. The van der Waals surface area contributed by atoms with E-state index in [0.717, 1.165) is 40.1 Å². The number of thiophene rings is 1. The molecule has 4 aromatic rings. The summed E-state index contributed by atoms with van der Waals surface area (Å²) >= 11 is 1.40. The van der Waals surface area contributed by atoms with Crippen LogP contribution >= 0.6 is 11.3 Å². The van der Waals surface area contributed by atoms with Crippen molar-refractivity contribution in [3.8, 4) is 0 Å². The van der Waals surface area contributed by atoms with Gasteiger partial charge in [0.15, 0.2) is 0 Å². The Morgan fingerprint density at radius 3 is 2.44 bits per heavy atom. The predicted molar refractivity (Wildman–Crippen MR) is 125 cm³/mol. The summed E-state index contributed by atoms with van der Waals surface area (Å²) in [6.07, 6.45) is 5.39. The molecule has 3 heterocycles. The Morgan fingerprint density at radius 2 is 1.75 bits per heavy atom. The number of hydrogen-bond donors (Lipinski definition) is 2. The van der Waals surface area contributed by atoms with Crippen LogP contribution in [0.2, 0.25) is 0 Å². The highest BCUT2D eigenvalue weighted by Crippen LogP contribution is 2.40. The van der Waals surface area contributed by atoms with Crippen LogP contribution in [0, 0.1) is 13.8 Å². The Bertz CT molecular complexity index is 1350. The Morgan fingerprint density at radius 1 is 1.00 bits per heavy atom. The molecule has 0 bridgehead atoms. The maximum atomic E-state index is 13.1. The highest BCUT2D eigenvalue weighted by Gasteiger charge is 2.28. The van der Waals surface area contributed by atoms with Gasteiger partial charge in [-0.3, -0.25) is 14.6 Å². The van der Waals surface area contributed by atoms with E-state index in [4.69, 9.17) is 4.98 Å². The van der Waals surface area contributed by atoms with Gasteiger partial charge < -0.3 is 10.6 Å². The minimum atomic E-state index is -0.262. The number of hydrogen-bond acceptors (Lipinski definition) is 6. The number of amides is 2. The fourth-order valence-electron chi connectivity index (χ4n) is 3.66. The molecule has 0 saturated heterocycles. The first-order valence-electron chi connectivity index (χ1n) is 10.4.